The Hall–Kier alpha value is -2.30. The summed E-state index contributed by atoms with van der Waals surface area (Å²) in [5, 5.41) is 7.51. The molecule has 0 aliphatic heterocycles. The number of benzene rings is 1. The summed E-state index contributed by atoms with van der Waals surface area (Å²) in [5.41, 5.74) is 1.88. The minimum Gasteiger partial charge on any atom is -0.463 e. The molecular weight excluding hydrogens is 290 g/mol. The Morgan fingerprint density at radius 2 is 2.00 bits per heavy atom. The van der Waals surface area contributed by atoms with Gasteiger partial charge in [-0.1, -0.05) is 31.0 Å². The van der Waals surface area contributed by atoms with E-state index in [2.05, 4.69) is 10.4 Å². The Kier molecular flexibility index (Phi) is 4.65. The van der Waals surface area contributed by atoms with Crippen molar-refractivity contribution in [2.45, 2.75) is 51.7 Å². The molecule has 3 rings (SSSR count). The predicted molar refractivity (Wildman–Crippen MR) is 88.8 cm³/mol. The van der Waals surface area contributed by atoms with Crippen molar-refractivity contribution in [3.8, 4) is 11.6 Å². The SMILES string of the molecule is Cc1cn(-c2ccccc2)nc1O[C@H](C)C(=O)NC1CCCC1. The molecule has 1 fully saturated rings. The van der Waals surface area contributed by atoms with Gasteiger partial charge in [0.15, 0.2) is 6.10 Å². The van der Waals surface area contributed by atoms with E-state index < -0.39 is 6.10 Å². The van der Waals surface area contributed by atoms with E-state index in [0.29, 0.717) is 11.9 Å². The second-order valence-electron chi connectivity index (χ2n) is 6.15. The highest BCUT2D eigenvalue weighted by atomic mass is 16.5. The van der Waals surface area contributed by atoms with Gasteiger partial charge in [-0.3, -0.25) is 4.79 Å². The zero-order chi connectivity index (χ0) is 16.2. The maximum atomic E-state index is 12.2. The molecule has 0 radical (unpaired) electrons. The smallest absolute Gasteiger partial charge is 0.261 e. The highest BCUT2D eigenvalue weighted by Crippen LogP contribution is 2.20. The number of ether oxygens (including phenoxy) is 1. The summed E-state index contributed by atoms with van der Waals surface area (Å²) < 4.78 is 7.55. The second-order valence-corrected chi connectivity index (χ2v) is 6.15. The normalized spacial score (nSPS) is 16.3. The third kappa shape index (κ3) is 3.73. The number of hydrogen-bond acceptors (Lipinski definition) is 3. The minimum atomic E-state index is -0.548. The van der Waals surface area contributed by atoms with Gasteiger partial charge in [0.1, 0.15) is 0 Å². The summed E-state index contributed by atoms with van der Waals surface area (Å²) in [7, 11) is 0. The lowest BCUT2D eigenvalue weighted by molar-refractivity contribution is -0.128. The molecule has 1 aromatic carbocycles. The number of para-hydroxylation sites is 1. The quantitative estimate of drug-likeness (QED) is 0.923. The lowest BCUT2D eigenvalue weighted by atomic mass is 10.2. The third-order valence-corrected chi connectivity index (χ3v) is 4.23. The van der Waals surface area contributed by atoms with Gasteiger partial charge >= 0.3 is 0 Å². The van der Waals surface area contributed by atoms with Gasteiger partial charge in [0, 0.05) is 17.8 Å². The van der Waals surface area contributed by atoms with Gasteiger partial charge in [-0.05, 0) is 38.8 Å². The third-order valence-electron chi connectivity index (χ3n) is 4.23. The Morgan fingerprint density at radius 3 is 2.70 bits per heavy atom. The van der Waals surface area contributed by atoms with E-state index in [1.807, 2.05) is 43.5 Å². The average Bonchev–Trinajstić information content (AvgIpc) is 3.18. The lowest BCUT2D eigenvalue weighted by Crippen LogP contribution is -2.41. The van der Waals surface area contributed by atoms with E-state index in [1.165, 1.54) is 12.8 Å². The molecule has 1 aromatic heterocycles. The standard InChI is InChI=1S/C18H23N3O2/c1-13-12-21(16-10-4-3-5-11-16)20-18(13)23-14(2)17(22)19-15-8-6-7-9-15/h3-5,10-12,14-15H,6-9H2,1-2H3,(H,19,22)/t14-/m1/s1. The minimum absolute atomic E-state index is 0.0643. The maximum Gasteiger partial charge on any atom is 0.261 e. The van der Waals surface area contributed by atoms with Crippen LogP contribution in [-0.2, 0) is 4.79 Å². The van der Waals surface area contributed by atoms with Gasteiger partial charge < -0.3 is 10.1 Å². The van der Waals surface area contributed by atoms with Crippen molar-refractivity contribution < 1.29 is 9.53 Å². The number of carbonyl (C=O) groups is 1. The number of hydrogen-bond donors (Lipinski definition) is 1. The van der Waals surface area contributed by atoms with Crippen LogP contribution in [0.1, 0.15) is 38.2 Å². The molecule has 2 aromatic rings. The highest BCUT2D eigenvalue weighted by Gasteiger charge is 2.22. The molecule has 1 aliphatic carbocycles. The fraction of sp³-hybridized carbons (Fsp3) is 0.444. The molecule has 23 heavy (non-hydrogen) atoms. The molecule has 1 heterocycles. The lowest BCUT2D eigenvalue weighted by Gasteiger charge is -2.17. The number of amides is 1. The first-order valence-corrected chi connectivity index (χ1v) is 8.22. The van der Waals surface area contributed by atoms with Crippen LogP contribution in [0, 0.1) is 6.92 Å². The van der Waals surface area contributed by atoms with E-state index in [9.17, 15) is 4.79 Å². The summed E-state index contributed by atoms with van der Waals surface area (Å²) in [6.45, 7) is 3.70. The van der Waals surface area contributed by atoms with E-state index >= 15 is 0 Å². The maximum absolute atomic E-state index is 12.2. The van der Waals surface area contributed by atoms with Gasteiger partial charge in [-0.25, -0.2) is 4.68 Å². The Bertz CT molecular complexity index is 660. The Morgan fingerprint density at radius 1 is 1.30 bits per heavy atom. The van der Waals surface area contributed by atoms with Crippen molar-refractivity contribution in [3.05, 3.63) is 42.1 Å². The van der Waals surface area contributed by atoms with Crippen LogP contribution < -0.4 is 10.1 Å². The molecule has 1 saturated carbocycles. The van der Waals surface area contributed by atoms with E-state index in [4.69, 9.17) is 4.74 Å². The number of carbonyl (C=O) groups excluding carboxylic acids is 1. The van der Waals surface area contributed by atoms with Crippen molar-refractivity contribution in [3.63, 3.8) is 0 Å². The van der Waals surface area contributed by atoms with Crippen LogP contribution in [0.25, 0.3) is 5.69 Å². The molecule has 122 valence electrons. The fourth-order valence-electron chi connectivity index (χ4n) is 2.88. The zero-order valence-electron chi connectivity index (χ0n) is 13.7. The molecule has 1 aliphatic rings. The van der Waals surface area contributed by atoms with Gasteiger partial charge in [0.2, 0.25) is 5.88 Å². The number of aromatic nitrogens is 2. The van der Waals surface area contributed by atoms with Crippen LogP contribution in [0.5, 0.6) is 5.88 Å². The second kappa shape index (κ2) is 6.86. The average molecular weight is 313 g/mol. The summed E-state index contributed by atoms with van der Waals surface area (Å²) >= 11 is 0. The Labute approximate surface area is 136 Å². The zero-order valence-corrected chi connectivity index (χ0v) is 13.7. The van der Waals surface area contributed by atoms with Crippen LogP contribution in [0.4, 0.5) is 0 Å². The molecule has 0 unspecified atom stereocenters. The van der Waals surface area contributed by atoms with Crippen molar-refractivity contribution in [2.75, 3.05) is 0 Å². The molecular formula is C18H23N3O2. The van der Waals surface area contributed by atoms with E-state index in [0.717, 1.165) is 24.1 Å². The molecule has 5 nitrogen and oxygen atoms in total. The van der Waals surface area contributed by atoms with Crippen molar-refractivity contribution >= 4 is 5.91 Å². The van der Waals surface area contributed by atoms with Crippen LogP contribution in [0.3, 0.4) is 0 Å². The van der Waals surface area contributed by atoms with Crippen LogP contribution in [0.15, 0.2) is 36.5 Å². The first-order chi connectivity index (χ1) is 11.1. The van der Waals surface area contributed by atoms with Gasteiger partial charge in [0.05, 0.1) is 5.69 Å². The largest absolute Gasteiger partial charge is 0.463 e. The van der Waals surface area contributed by atoms with Crippen molar-refractivity contribution in [1.29, 1.82) is 0 Å². The predicted octanol–water partition coefficient (Wildman–Crippen LogP) is 3.01. The molecule has 1 atom stereocenters. The summed E-state index contributed by atoms with van der Waals surface area (Å²) in [5.74, 6) is 0.438. The number of nitrogens with zero attached hydrogens (tertiary/aromatic N) is 2. The molecule has 5 heteroatoms. The monoisotopic (exact) mass is 313 g/mol. The molecule has 1 amide bonds. The van der Waals surface area contributed by atoms with Gasteiger partial charge in [-0.15, -0.1) is 5.10 Å². The summed E-state index contributed by atoms with van der Waals surface area (Å²) in [6, 6.07) is 10.2. The molecule has 0 spiro atoms. The fourth-order valence-corrected chi connectivity index (χ4v) is 2.88. The summed E-state index contributed by atoms with van der Waals surface area (Å²) in [4.78, 5) is 12.2. The van der Waals surface area contributed by atoms with Crippen LogP contribution in [0.2, 0.25) is 0 Å². The van der Waals surface area contributed by atoms with Gasteiger partial charge in [-0.2, -0.15) is 0 Å². The van der Waals surface area contributed by atoms with Crippen LogP contribution >= 0.6 is 0 Å². The van der Waals surface area contributed by atoms with E-state index in [1.54, 1.807) is 11.6 Å². The first kappa shape index (κ1) is 15.6. The number of aryl methyl sites for hydroxylation is 1. The Balaban J connectivity index is 1.65. The van der Waals surface area contributed by atoms with E-state index in [-0.39, 0.29) is 5.91 Å². The highest BCUT2D eigenvalue weighted by molar-refractivity contribution is 5.81. The summed E-state index contributed by atoms with van der Waals surface area (Å²) in [6.07, 6.45) is 5.89. The topological polar surface area (TPSA) is 56.2 Å². The van der Waals surface area contributed by atoms with Crippen molar-refractivity contribution in [2.24, 2.45) is 0 Å². The molecule has 0 saturated heterocycles. The molecule has 1 N–H and O–H groups in total. The van der Waals surface area contributed by atoms with Crippen molar-refractivity contribution in [1.82, 2.24) is 15.1 Å². The first-order valence-electron chi connectivity index (χ1n) is 8.22. The van der Waals surface area contributed by atoms with Crippen LogP contribution in [-0.4, -0.2) is 27.8 Å². The van der Waals surface area contributed by atoms with Gasteiger partial charge in [0.25, 0.3) is 5.91 Å². The number of nitrogens with one attached hydrogen (secondary N) is 1. The molecule has 0 bridgehead atoms. The number of rotatable bonds is 5.